The van der Waals surface area contributed by atoms with Crippen LogP contribution in [-0.2, 0) is 4.79 Å². The van der Waals surface area contributed by atoms with Gasteiger partial charge in [-0.1, -0.05) is 19.1 Å². The third-order valence-electron chi connectivity index (χ3n) is 3.72. The van der Waals surface area contributed by atoms with Crippen LogP contribution in [0.25, 0.3) is 0 Å². The van der Waals surface area contributed by atoms with Gasteiger partial charge in [-0.3, -0.25) is 0 Å². The summed E-state index contributed by atoms with van der Waals surface area (Å²) >= 11 is 0. The van der Waals surface area contributed by atoms with Crippen LogP contribution in [0.15, 0.2) is 24.3 Å². The summed E-state index contributed by atoms with van der Waals surface area (Å²) in [5.41, 5.74) is 0.656. The molecular weight excluding hydrogens is 318 g/mol. The number of hydrogen-bond acceptors (Lipinski definition) is 3. The Bertz CT molecular complexity index is 510. The minimum atomic E-state index is -5.08. The number of aliphatic hydroxyl groups is 1. The van der Waals surface area contributed by atoms with Gasteiger partial charge in [0.15, 0.2) is 0 Å². The summed E-state index contributed by atoms with van der Waals surface area (Å²) in [5, 5.41) is 20.8. The van der Waals surface area contributed by atoms with Gasteiger partial charge in [-0.2, -0.15) is 13.2 Å². The minimum Gasteiger partial charge on any atom is -0.475 e. The highest BCUT2D eigenvalue weighted by Crippen LogP contribution is 2.38. The standard InChI is InChI=1S/C13H18FNO.C2HF3O2/c1-13(7-2-8-15-9-13)12(16)10-3-5-11(14)6-4-10;3-2(4,5)1(6)7/h3-6,12,15-16H,2,7-9H2,1H3;(H,6,7). The summed E-state index contributed by atoms with van der Waals surface area (Å²) in [4.78, 5) is 8.90. The van der Waals surface area contributed by atoms with E-state index in [2.05, 4.69) is 12.2 Å². The number of alkyl halides is 3. The van der Waals surface area contributed by atoms with Crippen molar-refractivity contribution in [3.8, 4) is 0 Å². The van der Waals surface area contributed by atoms with E-state index in [-0.39, 0.29) is 11.2 Å². The van der Waals surface area contributed by atoms with Crippen molar-refractivity contribution in [2.75, 3.05) is 13.1 Å². The van der Waals surface area contributed by atoms with E-state index in [1.165, 1.54) is 12.1 Å². The van der Waals surface area contributed by atoms with E-state index in [1.54, 1.807) is 12.1 Å². The fourth-order valence-electron chi connectivity index (χ4n) is 2.36. The number of carbonyl (C=O) groups is 1. The Labute approximate surface area is 131 Å². The molecule has 130 valence electrons. The van der Waals surface area contributed by atoms with Crippen molar-refractivity contribution in [2.24, 2.45) is 5.41 Å². The van der Waals surface area contributed by atoms with Crippen LogP contribution in [0.4, 0.5) is 17.6 Å². The number of carboxylic acids is 1. The molecule has 0 aromatic heterocycles. The molecule has 0 amide bonds. The van der Waals surface area contributed by atoms with Crippen molar-refractivity contribution in [3.05, 3.63) is 35.6 Å². The van der Waals surface area contributed by atoms with Crippen molar-refractivity contribution in [3.63, 3.8) is 0 Å². The molecule has 1 aromatic carbocycles. The zero-order valence-electron chi connectivity index (χ0n) is 12.5. The van der Waals surface area contributed by atoms with Crippen molar-refractivity contribution in [1.82, 2.24) is 5.32 Å². The summed E-state index contributed by atoms with van der Waals surface area (Å²) in [6.07, 6.45) is -3.53. The molecule has 8 heteroatoms. The van der Waals surface area contributed by atoms with Crippen molar-refractivity contribution < 1.29 is 32.6 Å². The topological polar surface area (TPSA) is 69.6 Å². The lowest BCUT2D eigenvalue weighted by Crippen LogP contribution is -2.41. The summed E-state index contributed by atoms with van der Waals surface area (Å²) < 4.78 is 44.5. The van der Waals surface area contributed by atoms with E-state index in [0.717, 1.165) is 31.5 Å². The number of benzene rings is 1. The van der Waals surface area contributed by atoms with Crippen LogP contribution >= 0.6 is 0 Å². The van der Waals surface area contributed by atoms with Gasteiger partial charge >= 0.3 is 12.1 Å². The Morgan fingerprint density at radius 2 is 1.83 bits per heavy atom. The van der Waals surface area contributed by atoms with Gasteiger partial charge in [0.1, 0.15) is 5.82 Å². The number of rotatable bonds is 2. The van der Waals surface area contributed by atoms with Gasteiger partial charge in [-0.25, -0.2) is 9.18 Å². The number of halogens is 4. The molecular formula is C15H19F4NO3. The molecule has 2 atom stereocenters. The van der Waals surface area contributed by atoms with Crippen LogP contribution in [0.1, 0.15) is 31.4 Å². The third kappa shape index (κ3) is 5.80. The monoisotopic (exact) mass is 337 g/mol. The van der Waals surface area contributed by atoms with Crippen LogP contribution in [0.2, 0.25) is 0 Å². The van der Waals surface area contributed by atoms with Crippen LogP contribution < -0.4 is 5.32 Å². The number of nitrogens with one attached hydrogen (secondary N) is 1. The molecule has 0 spiro atoms. The van der Waals surface area contributed by atoms with Crippen LogP contribution in [0.3, 0.4) is 0 Å². The smallest absolute Gasteiger partial charge is 0.475 e. The number of aliphatic carboxylic acids is 1. The molecule has 23 heavy (non-hydrogen) atoms. The maximum atomic E-state index is 12.8. The van der Waals surface area contributed by atoms with E-state index in [0.29, 0.717) is 0 Å². The largest absolute Gasteiger partial charge is 0.490 e. The van der Waals surface area contributed by atoms with Crippen LogP contribution in [-0.4, -0.2) is 35.4 Å². The van der Waals surface area contributed by atoms with E-state index in [1.807, 2.05) is 0 Å². The molecule has 1 saturated heterocycles. The van der Waals surface area contributed by atoms with E-state index in [9.17, 15) is 22.7 Å². The molecule has 1 aliphatic heterocycles. The Morgan fingerprint density at radius 3 is 2.22 bits per heavy atom. The SMILES string of the molecule is CC1(C(O)c2ccc(F)cc2)CCCNC1.O=C(O)C(F)(F)F. The fourth-order valence-corrected chi connectivity index (χ4v) is 2.36. The molecule has 2 rings (SSSR count). The summed E-state index contributed by atoms with van der Waals surface area (Å²) in [7, 11) is 0. The summed E-state index contributed by atoms with van der Waals surface area (Å²) in [6, 6.07) is 6.13. The Morgan fingerprint density at radius 1 is 1.30 bits per heavy atom. The van der Waals surface area contributed by atoms with Gasteiger partial charge in [0.05, 0.1) is 6.10 Å². The lowest BCUT2D eigenvalue weighted by Gasteiger charge is -2.38. The van der Waals surface area contributed by atoms with E-state index >= 15 is 0 Å². The number of carboxylic acid groups (broad SMARTS) is 1. The molecule has 1 aliphatic rings. The predicted octanol–water partition coefficient (Wildman–Crippen LogP) is 2.88. The van der Waals surface area contributed by atoms with Gasteiger partial charge in [0.2, 0.25) is 0 Å². The molecule has 4 nitrogen and oxygen atoms in total. The zero-order chi connectivity index (χ0) is 17.7. The zero-order valence-corrected chi connectivity index (χ0v) is 12.5. The molecule has 1 heterocycles. The number of aliphatic hydroxyl groups excluding tert-OH is 1. The summed E-state index contributed by atoms with van der Waals surface area (Å²) in [5.74, 6) is -3.02. The van der Waals surface area contributed by atoms with Gasteiger partial charge in [0, 0.05) is 12.0 Å². The van der Waals surface area contributed by atoms with E-state index < -0.39 is 18.2 Å². The lowest BCUT2D eigenvalue weighted by molar-refractivity contribution is -0.192. The van der Waals surface area contributed by atoms with Crippen LogP contribution in [0, 0.1) is 11.2 Å². The second kappa shape index (κ2) is 7.74. The molecule has 1 aromatic rings. The van der Waals surface area contributed by atoms with Crippen molar-refractivity contribution >= 4 is 5.97 Å². The van der Waals surface area contributed by atoms with Crippen molar-refractivity contribution in [1.29, 1.82) is 0 Å². The highest BCUT2D eigenvalue weighted by molar-refractivity contribution is 5.73. The first-order valence-corrected chi connectivity index (χ1v) is 7.00. The summed E-state index contributed by atoms with van der Waals surface area (Å²) in [6.45, 7) is 3.91. The predicted molar refractivity (Wildman–Crippen MR) is 75.3 cm³/mol. The Kier molecular flexibility index (Phi) is 6.52. The maximum absolute atomic E-state index is 12.8. The molecule has 0 bridgehead atoms. The average molecular weight is 337 g/mol. The minimum absolute atomic E-state index is 0.143. The first kappa shape index (κ1) is 19.4. The van der Waals surface area contributed by atoms with E-state index in [4.69, 9.17) is 9.90 Å². The molecule has 0 saturated carbocycles. The number of hydrogen-bond donors (Lipinski definition) is 3. The molecule has 3 N–H and O–H groups in total. The van der Waals surface area contributed by atoms with Crippen LogP contribution in [0.5, 0.6) is 0 Å². The molecule has 0 radical (unpaired) electrons. The van der Waals surface area contributed by atoms with Crippen molar-refractivity contribution in [2.45, 2.75) is 32.0 Å². The van der Waals surface area contributed by atoms with Gasteiger partial charge < -0.3 is 15.5 Å². The molecule has 2 unspecified atom stereocenters. The third-order valence-corrected chi connectivity index (χ3v) is 3.72. The fraction of sp³-hybridized carbons (Fsp3) is 0.533. The lowest BCUT2D eigenvalue weighted by atomic mass is 9.75. The highest BCUT2D eigenvalue weighted by Gasteiger charge is 2.38. The maximum Gasteiger partial charge on any atom is 0.490 e. The average Bonchev–Trinajstić information content (AvgIpc) is 2.48. The van der Waals surface area contributed by atoms with Gasteiger partial charge in [-0.05, 0) is 37.1 Å². The molecule has 1 fully saturated rings. The number of piperidine rings is 1. The van der Waals surface area contributed by atoms with Gasteiger partial charge in [0.25, 0.3) is 0 Å². The quantitative estimate of drug-likeness (QED) is 0.726. The second-order valence-corrected chi connectivity index (χ2v) is 5.69. The highest BCUT2D eigenvalue weighted by atomic mass is 19.4. The molecule has 0 aliphatic carbocycles. The second-order valence-electron chi connectivity index (χ2n) is 5.69. The Hall–Kier alpha value is -1.67. The Balaban J connectivity index is 0.000000322. The first-order chi connectivity index (χ1) is 10.6. The van der Waals surface area contributed by atoms with Gasteiger partial charge in [-0.15, -0.1) is 0 Å². The first-order valence-electron chi connectivity index (χ1n) is 7.00. The normalized spacial score (nSPS) is 22.7.